The third-order valence-corrected chi connectivity index (χ3v) is 6.12. The Balaban J connectivity index is 1.76. The molecule has 2 aliphatic rings. The summed E-state index contributed by atoms with van der Waals surface area (Å²) in [6.45, 7) is 6.91. The van der Waals surface area contributed by atoms with Crippen LogP contribution in [0.3, 0.4) is 0 Å². The SMILES string of the molecule is CC(C)(C)[C@H]1CC[C@H](CC2=C(Cl)C(=O)c3ccccc3C2=O)CC1. The second-order valence-electron chi connectivity index (χ2n) is 8.28. The molecule has 2 aliphatic carbocycles. The molecule has 3 heteroatoms. The van der Waals surface area contributed by atoms with E-state index in [2.05, 4.69) is 20.8 Å². The van der Waals surface area contributed by atoms with Gasteiger partial charge in [0.1, 0.15) is 0 Å². The van der Waals surface area contributed by atoms with Crippen molar-refractivity contribution in [2.24, 2.45) is 17.3 Å². The first kappa shape index (κ1) is 17.4. The van der Waals surface area contributed by atoms with Crippen molar-refractivity contribution in [2.75, 3.05) is 0 Å². The maximum atomic E-state index is 12.8. The van der Waals surface area contributed by atoms with Crippen LogP contribution in [0.15, 0.2) is 34.9 Å². The summed E-state index contributed by atoms with van der Waals surface area (Å²) in [7, 11) is 0. The molecule has 1 fully saturated rings. The number of halogens is 1. The van der Waals surface area contributed by atoms with E-state index >= 15 is 0 Å². The van der Waals surface area contributed by atoms with Crippen molar-refractivity contribution in [3.8, 4) is 0 Å². The molecule has 0 N–H and O–H groups in total. The minimum absolute atomic E-state index is 0.0619. The van der Waals surface area contributed by atoms with Gasteiger partial charge in [-0.2, -0.15) is 0 Å². The largest absolute Gasteiger partial charge is 0.289 e. The van der Waals surface area contributed by atoms with Crippen LogP contribution in [-0.2, 0) is 0 Å². The van der Waals surface area contributed by atoms with Crippen molar-refractivity contribution in [3.05, 3.63) is 46.0 Å². The number of ketones is 2. The molecule has 0 aliphatic heterocycles. The van der Waals surface area contributed by atoms with Crippen molar-refractivity contribution in [2.45, 2.75) is 52.9 Å². The van der Waals surface area contributed by atoms with Gasteiger partial charge in [0.2, 0.25) is 5.78 Å². The van der Waals surface area contributed by atoms with Crippen LogP contribution >= 0.6 is 11.6 Å². The van der Waals surface area contributed by atoms with E-state index < -0.39 is 0 Å². The highest BCUT2D eigenvalue weighted by Crippen LogP contribution is 2.42. The second kappa shape index (κ2) is 6.48. The zero-order valence-electron chi connectivity index (χ0n) is 14.7. The average molecular weight is 345 g/mol. The molecule has 0 radical (unpaired) electrons. The molecule has 3 rings (SSSR count). The summed E-state index contributed by atoms with van der Waals surface area (Å²) in [6.07, 6.45) is 5.24. The highest BCUT2D eigenvalue weighted by Gasteiger charge is 2.34. The molecule has 1 aromatic rings. The van der Waals surface area contributed by atoms with Crippen molar-refractivity contribution in [3.63, 3.8) is 0 Å². The molecule has 0 saturated heterocycles. The van der Waals surface area contributed by atoms with Crippen molar-refractivity contribution >= 4 is 23.2 Å². The van der Waals surface area contributed by atoms with Gasteiger partial charge in [-0.25, -0.2) is 0 Å². The molecule has 0 aromatic heterocycles. The molecule has 2 nitrogen and oxygen atoms in total. The van der Waals surface area contributed by atoms with Crippen LogP contribution < -0.4 is 0 Å². The molecular formula is C21H25ClO2. The summed E-state index contributed by atoms with van der Waals surface area (Å²) < 4.78 is 0. The van der Waals surface area contributed by atoms with Crippen molar-refractivity contribution < 1.29 is 9.59 Å². The Labute approximate surface area is 149 Å². The van der Waals surface area contributed by atoms with Gasteiger partial charge < -0.3 is 0 Å². The quantitative estimate of drug-likeness (QED) is 0.679. The lowest BCUT2D eigenvalue weighted by molar-refractivity contribution is 0.0969. The van der Waals surface area contributed by atoms with Gasteiger partial charge in [-0.1, -0.05) is 56.6 Å². The average Bonchev–Trinajstić information content (AvgIpc) is 2.56. The minimum atomic E-state index is -0.203. The van der Waals surface area contributed by atoms with E-state index in [-0.39, 0.29) is 16.6 Å². The molecule has 0 bridgehead atoms. The number of rotatable bonds is 2. The van der Waals surface area contributed by atoms with Crippen LogP contribution in [-0.4, -0.2) is 11.6 Å². The molecule has 0 atom stereocenters. The Kier molecular flexibility index (Phi) is 4.70. The van der Waals surface area contributed by atoms with E-state index in [0.29, 0.717) is 34.5 Å². The van der Waals surface area contributed by atoms with Crippen molar-refractivity contribution in [1.29, 1.82) is 0 Å². The number of hydrogen-bond donors (Lipinski definition) is 0. The highest BCUT2D eigenvalue weighted by atomic mass is 35.5. The lowest BCUT2D eigenvalue weighted by Crippen LogP contribution is -2.27. The zero-order chi connectivity index (χ0) is 17.5. The first-order valence-corrected chi connectivity index (χ1v) is 9.24. The van der Waals surface area contributed by atoms with Crippen LogP contribution in [0.2, 0.25) is 0 Å². The number of Topliss-reactive ketones (excluding diaryl/α,β-unsaturated/α-hetero) is 2. The molecule has 1 aromatic carbocycles. The summed E-state index contributed by atoms with van der Waals surface area (Å²) in [6, 6.07) is 6.99. The number of carbonyl (C=O) groups excluding carboxylic acids is 2. The van der Waals surface area contributed by atoms with Gasteiger partial charge in [-0.3, -0.25) is 9.59 Å². The predicted molar refractivity (Wildman–Crippen MR) is 97.5 cm³/mol. The van der Waals surface area contributed by atoms with E-state index in [4.69, 9.17) is 11.6 Å². The second-order valence-corrected chi connectivity index (χ2v) is 8.66. The fourth-order valence-corrected chi connectivity index (χ4v) is 4.36. The first-order chi connectivity index (χ1) is 11.3. The van der Waals surface area contributed by atoms with Gasteiger partial charge in [-0.05, 0) is 49.4 Å². The lowest BCUT2D eigenvalue weighted by Gasteiger charge is -2.37. The fraction of sp³-hybridized carbons (Fsp3) is 0.524. The lowest BCUT2D eigenvalue weighted by atomic mass is 9.68. The Morgan fingerprint density at radius 2 is 1.50 bits per heavy atom. The number of hydrogen-bond acceptors (Lipinski definition) is 2. The third kappa shape index (κ3) is 3.21. The van der Waals surface area contributed by atoms with Gasteiger partial charge in [0.05, 0.1) is 5.03 Å². The Bertz CT molecular complexity index is 701. The standard InChI is InChI=1S/C21H25ClO2/c1-21(2,3)14-10-8-13(9-11-14)12-17-18(22)20(24)16-7-5-4-6-15(16)19(17)23/h4-7,13-14H,8-12H2,1-3H3/t13-,14-. The van der Waals surface area contributed by atoms with E-state index in [0.717, 1.165) is 18.8 Å². The summed E-state index contributed by atoms with van der Waals surface area (Å²) in [4.78, 5) is 25.2. The van der Waals surface area contributed by atoms with Crippen LogP contribution in [0.25, 0.3) is 0 Å². The monoisotopic (exact) mass is 344 g/mol. The molecule has 0 spiro atoms. The normalized spacial score (nSPS) is 25.0. The fourth-order valence-electron chi connectivity index (χ4n) is 4.10. The van der Waals surface area contributed by atoms with Gasteiger partial charge in [0.25, 0.3) is 0 Å². The third-order valence-electron chi connectivity index (χ3n) is 5.72. The Hall–Kier alpha value is -1.41. The molecule has 1 saturated carbocycles. The van der Waals surface area contributed by atoms with Gasteiger partial charge in [-0.15, -0.1) is 0 Å². The van der Waals surface area contributed by atoms with Crippen LogP contribution in [0.4, 0.5) is 0 Å². The Morgan fingerprint density at radius 1 is 0.958 bits per heavy atom. The van der Waals surface area contributed by atoms with E-state index in [1.54, 1.807) is 24.3 Å². The topological polar surface area (TPSA) is 34.1 Å². The minimum Gasteiger partial charge on any atom is -0.289 e. The van der Waals surface area contributed by atoms with E-state index in [9.17, 15) is 9.59 Å². The Morgan fingerprint density at radius 3 is 2.04 bits per heavy atom. The maximum absolute atomic E-state index is 12.8. The first-order valence-electron chi connectivity index (χ1n) is 8.86. The number of benzene rings is 1. The van der Waals surface area contributed by atoms with Gasteiger partial charge in [0.15, 0.2) is 5.78 Å². The number of carbonyl (C=O) groups is 2. The zero-order valence-corrected chi connectivity index (χ0v) is 15.5. The molecule has 0 heterocycles. The van der Waals surface area contributed by atoms with Crippen LogP contribution in [0.1, 0.15) is 73.6 Å². The molecule has 0 amide bonds. The summed E-state index contributed by atoms with van der Waals surface area (Å²) in [5.74, 6) is 0.926. The van der Waals surface area contributed by atoms with Gasteiger partial charge >= 0.3 is 0 Å². The maximum Gasteiger partial charge on any atom is 0.205 e. The number of fused-ring (bicyclic) bond motifs is 1. The number of allylic oxidation sites excluding steroid dienone is 2. The molecule has 128 valence electrons. The van der Waals surface area contributed by atoms with E-state index in [1.807, 2.05) is 0 Å². The van der Waals surface area contributed by atoms with Crippen LogP contribution in [0, 0.1) is 17.3 Å². The van der Waals surface area contributed by atoms with Crippen LogP contribution in [0.5, 0.6) is 0 Å². The predicted octanol–water partition coefficient (Wildman–Crippen LogP) is 5.80. The molecular weight excluding hydrogens is 320 g/mol. The molecule has 24 heavy (non-hydrogen) atoms. The highest BCUT2D eigenvalue weighted by molar-refractivity contribution is 6.50. The van der Waals surface area contributed by atoms with Gasteiger partial charge in [0, 0.05) is 16.7 Å². The summed E-state index contributed by atoms with van der Waals surface area (Å²) >= 11 is 6.29. The van der Waals surface area contributed by atoms with E-state index in [1.165, 1.54) is 12.8 Å². The summed E-state index contributed by atoms with van der Waals surface area (Å²) in [5.41, 5.74) is 1.81. The summed E-state index contributed by atoms with van der Waals surface area (Å²) in [5, 5.41) is 0.136. The van der Waals surface area contributed by atoms with Crippen molar-refractivity contribution in [1.82, 2.24) is 0 Å². The smallest absolute Gasteiger partial charge is 0.205 e. The molecule has 0 unspecified atom stereocenters.